The van der Waals surface area contributed by atoms with E-state index in [0.29, 0.717) is 5.41 Å². The normalized spacial score (nSPS) is 39.9. The lowest BCUT2D eigenvalue weighted by Gasteiger charge is -2.37. The molecular formula is C11H22N2. The Morgan fingerprint density at radius 2 is 2.08 bits per heavy atom. The predicted molar refractivity (Wildman–Crippen MR) is 55.8 cm³/mol. The Bertz CT molecular complexity index is 189. The Kier molecular flexibility index (Phi) is 2.37. The Morgan fingerprint density at radius 3 is 2.85 bits per heavy atom. The van der Waals surface area contributed by atoms with E-state index in [-0.39, 0.29) is 0 Å². The number of hydrogen-bond acceptors (Lipinski definition) is 2. The van der Waals surface area contributed by atoms with E-state index in [0.717, 1.165) is 12.0 Å². The zero-order valence-corrected chi connectivity index (χ0v) is 9.14. The molecule has 0 aromatic rings. The summed E-state index contributed by atoms with van der Waals surface area (Å²) in [5.74, 6) is 0.940. The van der Waals surface area contributed by atoms with E-state index in [1.165, 1.54) is 32.5 Å². The average molecular weight is 182 g/mol. The van der Waals surface area contributed by atoms with Gasteiger partial charge in [0.25, 0.3) is 0 Å². The van der Waals surface area contributed by atoms with Crippen LogP contribution in [0.2, 0.25) is 0 Å². The van der Waals surface area contributed by atoms with Crippen LogP contribution < -0.4 is 5.32 Å². The summed E-state index contributed by atoms with van der Waals surface area (Å²) in [5, 5.41) is 3.56. The minimum Gasteiger partial charge on any atom is -0.316 e. The molecule has 0 spiro atoms. The second-order valence-corrected chi connectivity index (χ2v) is 5.43. The molecule has 0 amide bonds. The quantitative estimate of drug-likeness (QED) is 0.608. The van der Waals surface area contributed by atoms with Crippen molar-refractivity contribution in [2.24, 2.45) is 11.3 Å². The summed E-state index contributed by atoms with van der Waals surface area (Å²) >= 11 is 0. The van der Waals surface area contributed by atoms with Crippen molar-refractivity contribution in [2.75, 3.05) is 26.7 Å². The van der Waals surface area contributed by atoms with Crippen molar-refractivity contribution >= 4 is 0 Å². The number of hydrogen-bond donors (Lipinski definition) is 1. The first-order valence-electron chi connectivity index (χ1n) is 5.52. The standard InChI is InChI=1S/C11H22N2/c1-11(2)8-12-6-4-9-5-7-13(3)10(9)11/h9-10,12H,4-8H2,1-3H3. The Labute approximate surface area is 81.7 Å². The number of rotatable bonds is 0. The van der Waals surface area contributed by atoms with E-state index in [1.807, 2.05) is 0 Å². The number of likely N-dealkylation sites (tertiary alicyclic amines) is 1. The first-order chi connectivity index (χ1) is 6.11. The zero-order valence-electron chi connectivity index (χ0n) is 9.14. The molecule has 2 aliphatic heterocycles. The van der Waals surface area contributed by atoms with Gasteiger partial charge in [-0.3, -0.25) is 0 Å². The molecule has 2 heterocycles. The Hall–Kier alpha value is -0.0800. The van der Waals surface area contributed by atoms with Crippen molar-refractivity contribution in [1.29, 1.82) is 0 Å². The van der Waals surface area contributed by atoms with Crippen LogP contribution in [0.15, 0.2) is 0 Å². The maximum absolute atomic E-state index is 3.56. The van der Waals surface area contributed by atoms with E-state index in [1.54, 1.807) is 0 Å². The van der Waals surface area contributed by atoms with Crippen LogP contribution >= 0.6 is 0 Å². The molecule has 0 bridgehead atoms. The van der Waals surface area contributed by atoms with Gasteiger partial charge in [0, 0.05) is 12.6 Å². The smallest absolute Gasteiger partial charge is 0.0185 e. The highest BCUT2D eigenvalue weighted by Crippen LogP contribution is 2.38. The molecule has 2 nitrogen and oxygen atoms in total. The van der Waals surface area contributed by atoms with Crippen LogP contribution in [0.1, 0.15) is 26.7 Å². The highest BCUT2D eigenvalue weighted by Gasteiger charge is 2.42. The minimum absolute atomic E-state index is 0.451. The van der Waals surface area contributed by atoms with Crippen LogP contribution in [-0.2, 0) is 0 Å². The summed E-state index contributed by atoms with van der Waals surface area (Å²) in [6.45, 7) is 8.52. The van der Waals surface area contributed by atoms with Gasteiger partial charge < -0.3 is 10.2 Å². The minimum atomic E-state index is 0.451. The van der Waals surface area contributed by atoms with Gasteiger partial charge in [0.05, 0.1) is 0 Å². The van der Waals surface area contributed by atoms with Crippen LogP contribution in [0.4, 0.5) is 0 Å². The highest BCUT2D eigenvalue weighted by molar-refractivity contribution is 4.97. The van der Waals surface area contributed by atoms with Gasteiger partial charge in [0.1, 0.15) is 0 Å². The lowest BCUT2D eigenvalue weighted by Crippen LogP contribution is -2.45. The van der Waals surface area contributed by atoms with E-state index in [9.17, 15) is 0 Å². The average Bonchev–Trinajstić information content (AvgIpc) is 2.34. The Balaban J connectivity index is 2.19. The Morgan fingerprint density at radius 1 is 1.31 bits per heavy atom. The molecule has 2 fully saturated rings. The number of fused-ring (bicyclic) bond motifs is 1. The molecule has 0 aromatic heterocycles. The van der Waals surface area contributed by atoms with Gasteiger partial charge in [-0.15, -0.1) is 0 Å². The summed E-state index contributed by atoms with van der Waals surface area (Å²) in [5.41, 5.74) is 0.451. The molecule has 0 radical (unpaired) electrons. The second-order valence-electron chi connectivity index (χ2n) is 5.43. The fourth-order valence-corrected chi connectivity index (χ4v) is 3.37. The van der Waals surface area contributed by atoms with Crippen molar-refractivity contribution in [2.45, 2.75) is 32.7 Å². The van der Waals surface area contributed by atoms with Crippen molar-refractivity contribution in [3.05, 3.63) is 0 Å². The lowest BCUT2D eigenvalue weighted by molar-refractivity contribution is 0.129. The van der Waals surface area contributed by atoms with Crippen LogP contribution in [0.5, 0.6) is 0 Å². The zero-order chi connectivity index (χ0) is 9.47. The van der Waals surface area contributed by atoms with Gasteiger partial charge in [0.2, 0.25) is 0 Å². The van der Waals surface area contributed by atoms with E-state index in [2.05, 4.69) is 31.1 Å². The van der Waals surface area contributed by atoms with Crippen LogP contribution in [0, 0.1) is 11.3 Å². The topological polar surface area (TPSA) is 15.3 Å². The van der Waals surface area contributed by atoms with E-state index < -0.39 is 0 Å². The molecule has 0 aliphatic carbocycles. The fourth-order valence-electron chi connectivity index (χ4n) is 3.37. The molecular weight excluding hydrogens is 160 g/mol. The number of nitrogens with zero attached hydrogens (tertiary/aromatic N) is 1. The fraction of sp³-hybridized carbons (Fsp3) is 1.00. The second kappa shape index (κ2) is 3.25. The lowest BCUT2D eigenvalue weighted by atomic mass is 9.78. The molecule has 2 atom stereocenters. The van der Waals surface area contributed by atoms with Crippen molar-refractivity contribution in [3.8, 4) is 0 Å². The SMILES string of the molecule is CN1CCC2CCNCC(C)(C)C21. The summed E-state index contributed by atoms with van der Waals surface area (Å²) in [4.78, 5) is 2.57. The molecule has 0 saturated carbocycles. The first-order valence-corrected chi connectivity index (χ1v) is 5.52. The largest absolute Gasteiger partial charge is 0.316 e. The summed E-state index contributed by atoms with van der Waals surface area (Å²) < 4.78 is 0. The summed E-state index contributed by atoms with van der Waals surface area (Å²) in [7, 11) is 2.29. The van der Waals surface area contributed by atoms with E-state index >= 15 is 0 Å². The predicted octanol–water partition coefficient (Wildman–Crippen LogP) is 1.33. The molecule has 2 heteroatoms. The molecule has 2 aliphatic rings. The van der Waals surface area contributed by atoms with Crippen molar-refractivity contribution in [3.63, 3.8) is 0 Å². The van der Waals surface area contributed by atoms with Gasteiger partial charge in [-0.1, -0.05) is 13.8 Å². The number of nitrogens with one attached hydrogen (secondary N) is 1. The van der Waals surface area contributed by atoms with Gasteiger partial charge in [0.15, 0.2) is 0 Å². The first kappa shape index (κ1) is 9.47. The van der Waals surface area contributed by atoms with Crippen molar-refractivity contribution in [1.82, 2.24) is 10.2 Å². The third kappa shape index (κ3) is 1.62. The van der Waals surface area contributed by atoms with Crippen LogP contribution in [0.3, 0.4) is 0 Å². The van der Waals surface area contributed by atoms with Gasteiger partial charge in [-0.2, -0.15) is 0 Å². The molecule has 2 rings (SSSR count). The van der Waals surface area contributed by atoms with Crippen LogP contribution in [-0.4, -0.2) is 37.6 Å². The maximum atomic E-state index is 3.56. The molecule has 13 heavy (non-hydrogen) atoms. The maximum Gasteiger partial charge on any atom is 0.0185 e. The molecule has 2 unspecified atom stereocenters. The highest BCUT2D eigenvalue weighted by atomic mass is 15.2. The molecule has 1 N–H and O–H groups in total. The molecule has 0 aromatic carbocycles. The molecule has 2 saturated heterocycles. The monoisotopic (exact) mass is 182 g/mol. The summed E-state index contributed by atoms with van der Waals surface area (Å²) in [6.07, 6.45) is 2.78. The third-order valence-electron chi connectivity index (χ3n) is 3.85. The van der Waals surface area contributed by atoms with Gasteiger partial charge in [-0.05, 0) is 44.3 Å². The van der Waals surface area contributed by atoms with Crippen molar-refractivity contribution < 1.29 is 0 Å². The summed E-state index contributed by atoms with van der Waals surface area (Å²) in [6, 6.07) is 0.808. The van der Waals surface area contributed by atoms with E-state index in [4.69, 9.17) is 0 Å². The van der Waals surface area contributed by atoms with Gasteiger partial charge in [-0.25, -0.2) is 0 Å². The van der Waals surface area contributed by atoms with Gasteiger partial charge >= 0.3 is 0 Å². The molecule has 76 valence electrons. The third-order valence-corrected chi connectivity index (χ3v) is 3.85. The van der Waals surface area contributed by atoms with Crippen LogP contribution in [0.25, 0.3) is 0 Å².